The molecule has 3 aromatic rings. The topological polar surface area (TPSA) is 107 Å². The Morgan fingerprint density at radius 3 is 2.89 bits per heavy atom. The molecule has 2 heterocycles. The van der Waals surface area contributed by atoms with E-state index in [1.807, 2.05) is 0 Å². The number of hydrogen-bond acceptors (Lipinski definition) is 6. The molecule has 0 aliphatic rings. The molecule has 0 atom stereocenters. The van der Waals surface area contributed by atoms with Crippen molar-refractivity contribution in [1.29, 1.82) is 0 Å². The first kappa shape index (κ1) is 11.8. The standard InChI is InChI=1S/C10H6BrFN6O/c11-6-2-1-4(12)3-5(6)7-14-9(19-18-7)8-15-10(13)17-16-8/h1-3H,(H3,13,15,16,17). The van der Waals surface area contributed by atoms with Gasteiger partial charge in [-0.2, -0.15) is 9.97 Å². The van der Waals surface area contributed by atoms with Crippen molar-refractivity contribution in [2.45, 2.75) is 0 Å². The second kappa shape index (κ2) is 4.43. The van der Waals surface area contributed by atoms with Gasteiger partial charge in [-0.05, 0) is 18.2 Å². The maximum absolute atomic E-state index is 13.2. The van der Waals surface area contributed by atoms with Gasteiger partial charge in [-0.15, -0.1) is 5.10 Å². The first-order valence-corrected chi connectivity index (χ1v) is 5.90. The Bertz CT molecular complexity index is 739. The lowest BCUT2D eigenvalue weighted by Crippen LogP contribution is -1.86. The Morgan fingerprint density at radius 1 is 1.32 bits per heavy atom. The Kier molecular flexibility index (Phi) is 2.75. The molecule has 3 rings (SSSR count). The summed E-state index contributed by atoms with van der Waals surface area (Å²) in [5.41, 5.74) is 5.85. The van der Waals surface area contributed by atoms with Crippen LogP contribution in [-0.2, 0) is 0 Å². The normalized spacial score (nSPS) is 10.8. The maximum Gasteiger partial charge on any atom is 0.295 e. The fourth-order valence-electron chi connectivity index (χ4n) is 1.47. The van der Waals surface area contributed by atoms with Crippen LogP contribution in [0.3, 0.4) is 0 Å². The van der Waals surface area contributed by atoms with Crippen LogP contribution in [0, 0.1) is 5.82 Å². The van der Waals surface area contributed by atoms with Crippen LogP contribution in [0.5, 0.6) is 0 Å². The largest absolute Gasteiger partial charge is 0.366 e. The van der Waals surface area contributed by atoms with Crippen molar-refractivity contribution < 1.29 is 8.91 Å². The van der Waals surface area contributed by atoms with Gasteiger partial charge in [-0.1, -0.05) is 21.1 Å². The van der Waals surface area contributed by atoms with Gasteiger partial charge in [0.2, 0.25) is 17.6 Å². The van der Waals surface area contributed by atoms with Crippen molar-refractivity contribution in [2.24, 2.45) is 0 Å². The number of nitrogen functional groups attached to an aromatic ring is 1. The number of nitrogens with zero attached hydrogens (tertiary/aromatic N) is 4. The number of nitrogens with one attached hydrogen (secondary N) is 1. The van der Waals surface area contributed by atoms with Crippen molar-refractivity contribution in [1.82, 2.24) is 25.3 Å². The van der Waals surface area contributed by atoms with Crippen LogP contribution in [0.25, 0.3) is 23.1 Å². The van der Waals surface area contributed by atoms with Crippen LogP contribution in [0.15, 0.2) is 27.2 Å². The number of rotatable bonds is 2. The van der Waals surface area contributed by atoms with E-state index in [1.165, 1.54) is 12.1 Å². The van der Waals surface area contributed by atoms with Gasteiger partial charge in [-0.3, -0.25) is 5.10 Å². The molecule has 9 heteroatoms. The summed E-state index contributed by atoms with van der Waals surface area (Å²) in [7, 11) is 0. The summed E-state index contributed by atoms with van der Waals surface area (Å²) < 4.78 is 18.9. The van der Waals surface area contributed by atoms with Crippen molar-refractivity contribution in [2.75, 3.05) is 5.73 Å². The zero-order valence-electron chi connectivity index (χ0n) is 9.26. The smallest absolute Gasteiger partial charge is 0.295 e. The number of aromatic nitrogens is 5. The number of H-pyrrole nitrogens is 1. The molecule has 0 spiro atoms. The van der Waals surface area contributed by atoms with Crippen molar-refractivity contribution in [3.63, 3.8) is 0 Å². The van der Waals surface area contributed by atoms with Gasteiger partial charge in [0.25, 0.3) is 5.89 Å². The second-order valence-electron chi connectivity index (χ2n) is 3.59. The molecular weight excluding hydrogens is 319 g/mol. The summed E-state index contributed by atoms with van der Waals surface area (Å²) in [5.74, 6) is 0.283. The number of benzene rings is 1. The van der Waals surface area contributed by atoms with Gasteiger partial charge in [0.1, 0.15) is 5.82 Å². The van der Waals surface area contributed by atoms with Crippen LogP contribution in [-0.4, -0.2) is 25.3 Å². The summed E-state index contributed by atoms with van der Waals surface area (Å²) in [6.45, 7) is 0. The number of nitrogens with two attached hydrogens (primary N) is 1. The molecule has 3 N–H and O–H groups in total. The highest BCUT2D eigenvalue weighted by molar-refractivity contribution is 9.10. The molecule has 96 valence electrons. The minimum atomic E-state index is -0.395. The van der Waals surface area contributed by atoms with Gasteiger partial charge in [0.05, 0.1) is 0 Å². The van der Waals surface area contributed by atoms with E-state index in [0.717, 1.165) is 0 Å². The van der Waals surface area contributed by atoms with E-state index in [2.05, 4.69) is 41.3 Å². The predicted octanol–water partition coefficient (Wildman–Crippen LogP) is 2.01. The highest BCUT2D eigenvalue weighted by atomic mass is 79.9. The summed E-state index contributed by atoms with van der Waals surface area (Å²) in [4.78, 5) is 7.96. The van der Waals surface area contributed by atoms with E-state index in [0.29, 0.717) is 10.0 Å². The summed E-state index contributed by atoms with van der Waals surface area (Å²) in [6, 6.07) is 4.19. The fraction of sp³-hybridized carbons (Fsp3) is 0. The van der Waals surface area contributed by atoms with Gasteiger partial charge in [-0.25, -0.2) is 4.39 Å². The summed E-state index contributed by atoms with van der Waals surface area (Å²) in [5, 5.41) is 9.96. The minimum Gasteiger partial charge on any atom is -0.366 e. The fourth-order valence-corrected chi connectivity index (χ4v) is 1.89. The molecule has 0 amide bonds. The zero-order valence-corrected chi connectivity index (χ0v) is 10.8. The van der Waals surface area contributed by atoms with Crippen LogP contribution in [0.4, 0.5) is 10.3 Å². The highest BCUT2D eigenvalue weighted by Gasteiger charge is 2.16. The molecule has 0 bridgehead atoms. The molecule has 0 saturated heterocycles. The number of anilines is 1. The average molecular weight is 325 g/mol. The summed E-state index contributed by atoms with van der Waals surface area (Å²) >= 11 is 3.29. The van der Waals surface area contributed by atoms with Crippen molar-refractivity contribution in [3.05, 3.63) is 28.5 Å². The highest BCUT2D eigenvalue weighted by Crippen LogP contribution is 2.28. The van der Waals surface area contributed by atoms with E-state index in [-0.39, 0.29) is 23.5 Å². The van der Waals surface area contributed by atoms with E-state index in [1.54, 1.807) is 6.07 Å². The predicted molar refractivity (Wildman–Crippen MR) is 67.2 cm³/mol. The third-order valence-electron chi connectivity index (χ3n) is 2.30. The van der Waals surface area contributed by atoms with Gasteiger partial charge in [0, 0.05) is 10.0 Å². The molecule has 0 aliphatic heterocycles. The molecule has 0 aliphatic carbocycles. The van der Waals surface area contributed by atoms with Crippen molar-refractivity contribution >= 4 is 21.9 Å². The van der Waals surface area contributed by atoms with Crippen LogP contribution in [0.2, 0.25) is 0 Å². The third kappa shape index (κ3) is 2.19. The van der Waals surface area contributed by atoms with Crippen LogP contribution < -0.4 is 5.73 Å². The average Bonchev–Trinajstić information content (AvgIpc) is 3.00. The Morgan fingerprint density at radius 2 is 2.16 bits per heavy atom. The summed E-state index contributed by atoms with van der Waals surface area (Å²) in [6.07, 6.45) is 0. The Hall–Kier alpha value is -2.29. The van der Waals surface area contributed by atoms with Crippen molar-refractivity contribution in [3.8, 4) is 23.1 Å². The lowest BCUT2D eigenvalue weighted by Gasteiger charge is -1.97. The van der Waals surface area contributed by atoms with E-state index in [4.69, 9.17) is 10.3 Å². The number of halogens is 2. The first-order chi connectivity index (χ1) is 9.13. The third-order valence-corrected chi connectivity index (χ3v) is 2.99. The molecule has 0 radical (unpaired) electrons. The molecule has 19 heavy (non-hydrogen) atoms. The molecule has 0 saturated carbocycles. The SMILES string of the molecule is Nc1n[nH]c(-c2nc(-c3cc(F)ccc3Br)no2)n1. The monoisotopic (exact) mass is 324 g/mol. The lowest BCUT2D eigenvalue weighted by molar-refractivity contribution is 0.429. The van der Waals surface area contributed by atoms with Gasteiger partial charge < -0.3 is 10.3 Å². The van der Waals surface area contributed by atoms with E-state index < -0.39 is 5.82 Å². The lowest BCUT2D eigenvalue weighted by atomic mass is 10.2. The molecule has 1 aromatic carbocycles. The van der Waals surface area contributed by atoms with Gasteiger partial charge in [0.15, 0.2) is 0 Å². The molecule has 7 nitrogen and oxygen atoms in total. The molecule has 2 aromatic heterocycles. The number of aromatic amines is 1. The Balaban J connectivity index is 2.03. The minimum absolute atomic E-state index is 0.0710. The molecular formula is C10H6BrFN6O. The maximum atomic E-state index is 13.2. The van der Waals surface area contributed by atoms with E-state index >= 15 is 0 Å². The van der Waals surface area contributed by atoms with E-state index in [9.17, 15) is 4.39 Å². The van der Waals surface area contributed by atoms with Gasteiger partial charge >= 0.3 is 0 Å². The quantitative estimate of drug-likeness (QED) is 0.746. The zero-order chi connectivity index (χ0) is 13.4. The first-order valence-electron chi connectivity index (χ1n) is 5.11. The second-order valence-corrected chi connectivity index (χ2v) is 4.44. The van der Waals surface area contributed by atoms with Crippen LogP contribution in [0.1, 0.15) is 0 Å². The Labute approximate surface area is 114 Å². The van der Waals surface area contributed by atoms with Crippen LogP contribution >= 0.6 is 15.9 Å². The molecule has 0 fully saturated rings. The number of hydrogen-bond donors (Lipinski definition) is 2. The molecule has 0 unspecified atom stereocenters.